The molecule has 2 heterocycles. The van der Waals surface area contributed by atoms with E-state index in [2.05, 4.69) is 20.6 Å². The van der Waals surface area contributed by atoms with Gasteiger partial charge in [-0.15, -0.1) is 0 Å². The number of rotatable bonds is 7. The van der Waals surface area contributed by atoms with Gasteiger partial charge in [0, 0.05) is 37.7 Å². The van der Waals surface area contributed by atoms with E-state index in [-0.39, 0.29) is 11.9 Å². The second-order valence-corrected chi connectivity index (χ2v) is 6.01. The van der Waals surface area contributed by atoms with Gasteiger partial charge in [-0.2, -0.15) is 0 Å². The summed E-state index contributed by atoms with van der Waals surface area (Å²) in [5.74, 6) is 2.09. The Morgan fingerprint density at radius 2 is 2.04 bits per heavy atom. The number of benzene rings is 1. The van der Waals surface area contributed by atoms with Crippen LogP contribution in [-0.4, -0.2) is 34.1 Å². The van der Waals surface area contributed by atoms with Gasteiger partial charge in [-0.05, 0) is 25.1 Å². The minimum Gasteiger partial charge on any atom is -0.496 e. The Kier molecular flexibility index (Phi) is 5.71. The maximum atomic E-state index is 11.9. The molecule has 2 N–H and O–H groups in total. The van der Waals surface area contributed by atoms with Crippen LogP contribution in [0, 0.1) is 0 Å². The number of nitrogens with zero attached hydrogens (tertiary/aromatic N) is 3. The number of amides is 1. The van der Waals surface area contributed by atoms with Crippen molar-refractivity contribution >= 4 is 11.7 Å². The summed E-state index contributed by atoms with van der Waals surface area (Å²) in [6.07, 6.45) is 5.21. The first-order valence-electron chi connectivity index (χ1n) is 8.75. The number of para-hydroxylation sites is 1. The Labute approximate surface area is 158 Å². The van der Waals surface area contributed by atoms with E-state index in [1.54, 1.807) is 31.6 Å². The smallest absolute Gasteiger partial charge is 0.252 e. The van der Waals surface area contributed by atoms with E-state index in [1.165, 1.54) is 0 Å². The molecular weight excluding hydrogens is 342 g/mol. The van der Waals surface area contributed by atoms with Crippen LogP contribution in [0.15, 0.2) is 55.0 Å². The van der Waals surface area contributed by atoms with Gasteiger partial charge in [0.25, 0.3) is 5.91 Å². The van der Waals surface area contributed by atoms with Crippen LogP contribution in [-0.2, 0) is 7.05 Å². The lowest BCUT2D eigenvalue weighted by Gasteiger charge is -2.21. The Morgan fingerprint density at radius 1 is 1.22 bits per heavy atom. The fourth-order valence-corrected chi connectivity index (χ4v) is 2.87. The minimum atomic E-state index is -0.260. The molecule has 2 aromatic heterocycles. The van der Waals surface area contributed by atoms with Crippen molar-refractivity contribution in [1.82, 2.24) is 19.9 Å². The lowest BCUT2D eigenvalue weighted by atomic mass is 10.0. The third kappa shape index (κ3) is 4.08. The Balaban J connectivity index is 1.93. The van der Waals surface area contributed by atoms with Crippen molar-refractivity contribution in [3.8, 4) is 5.75 Å². The van der Waals surface area contributed by atoms with Crippen molar-refractivity contribution in [1.29, 1.82) is 0 Å². The molecule has 1 aromatic carbocycles. The SMILES string of the molecule is CCNC(=O)c1ccc(NC(c2ccccc2OC)c2nccn2C)nc1. The summed E-state index contributed by atoms with van der Waals surface area (Å²) in [5.41, 5.74) is 1.47. The molecule has 0 aliphatic heterocycles. The molecule has 1 amide bonds. The Morgan fingerprint density at radius 3 is 2.67 bits per heavy atom. The van der Waals surface area contributed by atoms with Gasteiger partial charge in [-0.25, -0.2) is 9.97 Å². The molecule has 0 aliphatic rings. The summed E-state index contributed by atoms with van der Waals surface area (Å²) in [6.45, 7) is 2.46. The highest BCUT2D eigenvalue weighted by Gasteiger charge is 2.22. The van der Waals surface area contributed by atoms with Crippen LogP contribution in [0.4, 0.5) is 5.82 Å². The molecule has 0 radical (unpaired) electrons. The van der Waals surface area contributed by atoms with Gasteiger partial charge < -0.3 is 19.9 Å². The molecule has 0 fully saturated rings. The van der Waals surface area contributed by atoms with Crippen molar-refractivity contribution in [2.75, 3.05) is 19.0 Å². The quantitative estimate of drug-likeness (QED) is 0.673. The van der Waals surface area contributed by atoms with Crippen molar-refractivity contribution in [3.63, 3.8) is 0 Å². The van der Waals surface area contributed by atoms with Gasteiger partial charge in [-0.3, -0.25) is 4.79 Å². The standard InChI is InChI=1S/C20H23N5O2/c1-4-21-20(26)14-9-10-17(23-13-14)24-18(19-22-11-12-25(19)2)15-7-5-6-8-16(15)27-3/h5-13,18H,4H2,1-3H3,(H,21,26)(H,23,24). The van der Waals surface area contributed by atoms with Crippen LogP contribution >= 0.6 is 0 Å². The summed E-state index contributed by atoms with van der Waals surface area (Å²) < 4.78 is 7.48. The van der Waals surface area contributed by atoms with Gasteiger partial charge in [-0.1, -0.05) is 18.2 Å². The molecule has 0 saturated heterocycles. The Hall–Kier alpha value is -3.35. The number of imidazole rings is 1. The average Bonchev–Trinajstić information content (AvgIpc) is 3.12. The number of aromatic nitrogens is 3. The predicted octanol–water partition coefficient (Wildman–Crippen LogP) is 2.77. The van der Waals surface area contributed by atoms with E-state index >= 15 is 0 Å². The van der Waals surface area contributed by atoms with Gasteiger partial charge in [0.05, 0.1) is 12.7 Å². The molecule has 3 rings (SSSR count). The van der Waals surface area contributed by atoms with Gasteiger partial charge >= 0.3 is 0 Å². The predicted molar refractivity (Wildman–Crippen MR) is 104 cm³/mol. The number of carbonyl (C=O) groups excluding carboxylic acids is 1. The number of aryl methyl sites for hydroxylation is 1. The monoisotopic (exact) mass is 365 g/mol. The number of ether oxygens (including phenoxy) is 1. The second-order valence-electron chi connectivity index (χ2n) is 6.01. The first-order valence-corrected chi connectivity index (χ1v) is 8.75. The lowest BCUT2D eigenvalue weighted by molar-refractivity contribution is 0.0955. The summed E-state index contributed by atoms with van der Waals surface area (Å²) in [6, 6.07) is 11.1. The first-order chi connectivity index (χ1) is 13.1. The molecule has 7 heteroatoms. The molecule has 27 heavy (non-hydrogen) atoms. The number of methoxy groups -OCH3 is 1. The van der Waals surface area contributed by atoms with E-state index in [0.717, 1.165) is 17.1 Å². The van der Waals surface area contributed by atoms with Crippen LogP contribution in [0.1, 0.15) is 34.7 Å². The van der Waals surface area contributed by atoms with Gasteiger partial charge in [0.1, 0.15) is 23.4 Å². The normalized spacial score (nSPS) is 11.7. The summed E-state index contributed by atoms with van der Waals surface area (Å²) in [4.78, 5) is 20.8. The summed E-state index contributed by atoms with van der Waals surface area (Å²) >= 11 is 0. The maximum Gasteiger partial charge on any atom is 0.252 e. The zero-order chi connectivity index (χ0) is 19.2. The first kappa shape index (κ1) is 18.4. The van der Waals surface area contributed by atoms with Gasteiger partial charge in [0.2, 0.25) is 0 Å². The van der Waals surface area contributed by atoms with Crippen LogP contribution < -0.4 is 15.4 Å². The van der Waals surface area contributed by atoms with E-state index in [1.807, 2.05) is 49.0 Å². The van der Waals surface area contributed by atoms with Crippen molar-refractivity contribution < 1.29 is 9.53 Å². The molecule has 3 aromatic rings. The van der Waals surface area contributed by atoms with E-state index in [9.17, 15) is 4.79 Å². The average molecular weight is 365 g/mol. The molecule has 0 aliphatic carbocycles. The largest absolute Gasteiger partial charge is 0.496 e. The van der Waals surface area contributed by atoms with E-state index in [4.69, 9.17) is 4.74 Å². The number of anilines is 1. The zero-order valence-electron chi connectivity index (χ0n) is 15.6. The minimum absolute atomic E-state index is 0.137. The second kappa shape index (κ2) is 8.35. The Bertz CT molecular complexity index is 905. The van der Waals surface area contributed by atoms with E-state index in [0.29, 0.717) is 17.9 Å². The van der Waals surface area contributed by atoms with Gasteiger partial charge in [0.15, 0.2) is 0 Å². The highest BCUT2D eigenvalue weighted by molar-refractivity contribution is 5.93. The molecule has 1 unspecified atom stereocenters. The number of nitrogens with one attached hydrogen (secondary N) is 2. The molecule has 0 bridgehead atoms. The third-order valence-electron chi connectivity index (χ3n) is 4.22. The van der Waals surface area contributed by atoms with Crippen LogP contribution in [0.25, 0.3) is 0 Å². The lowest BCUT2D eigenvalue weighted by Crippen LogP contribution is -2.23. The fraction of sp³-hybridized carbons (Fsp3) is 0.250. The highest BCUT2D eigenvalue weighted by Crippen LogP contribution is 2.31. The summed E-state index contributed by atoms with van der Waals surface area (Å²) in [5, 5.41) is 6.17. The third-order valence-corrected chi connectivity index (χ3v) is 4.22. The van der Waals surface area contributed by atoms with Crippen molar-refractivity contribution in [2.24, 2.45) is 7.05 Å². The zero-order valence-corrected chi connectivity index (χ0v) is 15.6. The molecule has 0 saturated carbocycles. The molecule has 0 spiro atoms. The highest BCUT2D eigenvalue weighted by atomic mass is 16.5. The number of carbonyl (C=O) groups is 1. The number of hydrogen-bond acceptors (Lipinski definition) is 5. The topological polar surface area (TPSA) is 81.1 Å². The molecule has 140 valence electrons. The van der Waals surface area contributed by atoms with Crippen LogP contribution in [0.3, 0.4) is 0 Å². The van der Waals surface area contributed by atoms with Crippen LogP contribution in [0.2, 0.25) is 0 Å². The molecular formula is C20H23N5O2. The summed E-state index contributed by atoms with van der Waals surface area (Å²) in [7, 11) is 3.59. The molecule has 1 atom stereocenters. The number of hydrogen-bond donors (Lipinski definition) is 2. The van der Waals surface area contributed by atoms with Crippen molar-refractivity contribution in [2.45, 2.75) is 13.0 Å². The fourth-order valence-electron chi connectivity index (χ4n) is 2.87. The maximum absolute atomic E-state index is 11.9. The molecule has 7 nitrogen and oxygen atoms in total. The van der Waals surface area contributed by atoms with E-state index < -0.39 is 0 Å². The van der Waals surface area contributed by atoms with Crippen molar-refractivity contribution in [3.05, 3.63) is 71.9 Å². The number of pyridine rings is 1. The van der Waals surface area contributed by atoms with Crippen LogP contribution in [0.5, 0.6) is 5.75 Å².